The molecule has 7 aliphatic carbocycles. The maximum Gasteiger partial charge on any atom is -0.0295 e. The minimum absolute atomic E-state index is 0.697. The van der Waals surface area contributed by atoms with Crippen molar-refractivity contribution >= 4 is 0 Å². The first-order valence-corrected chi connectivity index (χ1v) is 11.6. The average Bonchev–Trinajstić information content (AvgIpc) is 3.35. The molecule has 134 valence electrons. The Kier molecular flexibility index (Phi) is 3.17. The van der Waals surface area contributed by atoms with Crippen LogP contribution in [0.4, 0.5) is 0 Å². The van der Waals surface area contributed by atoms with Crippen molar-refractivity contribution in [3.05, 3.63) is 0 Å². The maximum absolute atomic E-state index is 2.60. The van der Waals surface area contributed by atoms with Crippen LogP contribution in [0.25, 0.3) is 0 Å². The second-order valence-electron chi connectivity index (χ2n) is 11.8. The molecular weight excluding hydrogens is 288 g/mol. The van der Waals surface area contributed by atoms with E-state index in [1.807, 2.05) is 0 Å². The molecule has 0 heteroatoms. The molecule has 10 unspecified atom stereocenters. The second-order valence-corrected chi connectivity index (χ2v) is 11.8. The van der Waals surface area contributed by atoms with Crippen LogP contribution in [0.15, 0.2) is 0 Å². The van der Waals surface area contributed by atoms with E-state index in [2.05, 4.69) is 13.8 Å². The molecule has 24 heavy (non-hydrogen) atoms. The zero-order valence-corrected chi connectivity index (χ0v) is 16.1. The van der Waals surface area contributed by atoms with Gasteiger partial charge in [0, 0.05) is 0 Å². The lowest BCUT2D eigenvalue weighted by Gasteiger charge is -2.61. The summed E-state index contributed by atoms with van der Waals surface area (Å²) in [6, 6.07) is 0. The standard InChI is InChI=1S/C24H38/c1-24(2)19-8-7-17(22(24)13-19)12-21-16-5-6-18(11-16)23(21)20-10-14-3-4-15(20)9-14/h14-23H,3-13H2,1-2H3. The Balaban J connectivity index is 1.23. The van der Waals surface area contributed by atoms with E-state index in [9.17, 15) is 0 Å². The van der Waals surface area contributed by atoms with Crippen LogP contribution >= 0.6 is 0 Å². The Hall–Kier alpha value is 0. The quantitative estimate of drug-likeness (QED) is 0.552. The highest BCUT2D eigenvalue weighted by molar-refractivity contribution is 5.07. The van der Waals surface area contributed by atoms with Crippen molar-refractivity contribution in [2.75, 3.05) is 0 Å². The largest absolute Gasteiger partial charge is 0.0594 e. The van der Waals surface area contributed by atoms with Gasteiger partial charge in [-0.1, -0.05) is 20.3 Å². The van der Waals surface area contributed by atoms with Gasteiger partial charge in [-0.05, 0) is 129 Å². The van der Waals surface area contributed by atoms with Gasteiger partial charge in [0.25, 0.3) is 0 Å². The molecule has 7 fully saturated rings. The third kappa shape index (κ3) is 1.92. The fourth-order valence-electron chi connectivity index (χ4n) is 9.83. The Morgan fingerprint density at radius 1 is 0.750 bits per heavy atom. The summed E-state index contributed by atoms with van der Waals surface area (Å²) >= 11 is 0. The van der Waals surface area contributed by atoms with Crippen LogP contribution < -0.4 is 0 Å². The lowest BCUT2D eigenvalue weighted by molar-refractivity contribution is -0.115. The van der Waals surface area contributed by atoms with E-state index in [1.54, 1.807) is 70.6 Å². The molecule has 0 amide bonds. The highest BCUT2D eigenvalue weighted by atomic mass is 14.6. The zero-order valence-electron chi connectivity index (χ0n) is 16.1. The van der Waals surface area contributed by atoms with Gasteiger partial charge in [0.2, 0.25) is 0 Å². The predicted octanol–water partition coefficient (Wildman–Crippen LogP) is 6.55. The Bertz CT molecular complexity index is 516. The maximum atomic E-state index is 2.60. The molecule has 0 aliphatic heterocycles. The van der Waals surface area contributed by atoms with Crippen molar-refractivity contribution in [2.24, 2.45) is 64.6 Å². The van der Waals surface area contributed by atoms with Gasteiger partial charge < -0.3 is 0 Å². The smallest absolute Gasteiger partial charge is 0.0295 e. The van der Waals surface area contributed by atoms with E-state index in [1.165, 1.54) is 11.8 Å². The topological polar surface area (TPSA) is 0 Å². The Morgan fingerprint density at radius 3 is 2.29 bits per heavy atom. The molecule has 0 N–H and O–H groups in total. The molecule has 0 aromatic rings. The second kappa shape index (κ2) is 5.04. The van der Waals surface area contributed by atoms with Gasteiger partial charge in [-0.2, -0.15) is 0 Å². The highest BCUT2D eigenvalue weighted by Gasteiger charge is 2.58. The van der Waals surface area contributed by atoms with E-state index >= 15 is 0 Å². The molecule has 0 heterocycles. The normalized spacial score (nSPS) is 59.8. The van der Waals surface area contributed by atoms with Crippen molar-refractivity contribution in [2.45, 2.75) is 84.5 Å². The predicted molar refractivity (Wildman–Crippen MR) is 99.5 cm³/mol. The van der Waals surface area contributed by atoms with Gasteiger partial charge in [0.15, 0.2) is 0 Å². The first kappa shape index (κ1) is 15.1. The molecule has 0 nitrogen and oxygen atoms in total. The van der Waals surface area contributed by atoms with Gasteiger partial charge in [-0.15, -0.1) is 0 Å². The van der Waals surface area contributed by atoms with Gasteiger partial charge in [0.1, 0.15) is 0 Å². The van der Waals surface area contributed by atoms with Crippen LogP contribution in [0.2, 0.25) is 0 Å². The van der Waals surface area contributed by atoms with Crippen molar-refractivity contribution in [1.82, 2.24) is 0 Å². The summed E-state index contributed by atoms with van der Waals surface area (Å²) in [6.45, 7) is 5.21. The fourth-order valence-corrected chi connectivity index (χ4v) is 9.83. The first-order valence-electron chi connectivity index (χ1n) is 11.6. The third-order valence-electron chi connectivity index (χ3n) is 11.0. The van der Waals surface area contributed by atoms with Crippen LogP contribution in [0.3, 0.4) is 0 Å². The minimum Gasteiger partial charge on any atom is -0.0594 e. The van der Waals surface area contributed by atoms with Gasteiger partial charge in [-0.3, -0.25) is 0 Å². The summed E-state index contributed by atoms with van der Waals surface area (Å²) in [6.07, 6.45) is 17.7. The zero-order chi connectivity index (χ0) is 16.1. The molecule has 0 aromatic carbocycles. The SMILES string of the molecule is CC1(C)C2CCC(CC3C4CCC(C4)C3C3CC4CCC3C4)C1C2. The lowest BCUT2D eigenvalue weighted by atomic mass is 9.44. The fraction of sp³-hybridized carbons (Fsp3) is 1.00. The molecule has 0 aromatic heterocycles. The summed E-state index contributed by atoms with van der Waals surface area (Å²) in [5.74, 6) is 11.4. The summed E-state index contributed by atoms with van der Waals surface area (Å²) in [5.41, 5.74) is 0.697. The average molecular weight is 327 g/mol. The molecule has 0 radical (unpaired) electrons. The summed E-state index contributed by atoms with van der Waals surface area (Å²) in [7, 11) is 0. The van der Waals surface area contributed by atoms with Crippen LogP contribution in [0.5, 0.6) is 0 Å². The Morgan fingerprint density at radius 2 is 1.58 bits per heavy atom. The Labute approximate surface area is 149 Å². The molecule has 7 rings (SSSR count). The highest BCUT2D eigenvalue weighted by Crippen LogP contribution is 2.67. The molecule has 7 saturated carbocycles. The van der Waals surface area contributed by atoms with Gasteiger partial charge in [0.05, 0.1) is 0 Å². The van der Waals surface area contributed by atoms with Gasteiger partial charge >= 0.3 is 0 Å². The molecule has 0 saturated heterocycles. The molecule has 10 atom stereocenters. The first-order chi connectivity index (χ1) is 11.6. The summed E-state index contributed by atoms with van der Waals surface area (Å²) in [5, 5.41) is 0. The van der Waals surface area contributed by atoms with E-state index in [4.69, 9.17) is 0 Å². The number of hydrogen-bond acceptors (Lipinski definition) is 0. The van der Waals surface area contributed by atoms with Crippen LogP contribution in [0, 0.1) is 64.6 Å². The van der Waals surface area contributed by atoms with Crippen LogP contribution in [0.1, 0.15) is 84.5 Å². The number of fused-ring (bicyclic) bond motifs is 6. The number of hydrogen-bond donors (Lipinski definition) is 0. The van der Waals surface area contributed by atoms with Crippen molar-refractivity contribution in [1.29, 1.82) is 0 Å². The molecule has 7 aliphatic rings. The van der Waals surface area contributed by atoms with E-state index in [0.717, 1.165) is 47.3 Å². The lowest BCUT2D eigenvalue weighted by Crippen LogP contribution is -2.53. The van der Waals surface area contributed by atoms with Crippen molar-refractivity contribution in [3.63, 3.8) is 0 Å². The molecular formula is C24H38. The number of rotatable bonds is 3. The van der Waals surface area contributed by atoms with E-state index in [-0.39, 0.29) is 0 Å². The van der Waals surface area contributed by atoms with Crippen LogP contribution in [-0.4, -0.2) is 0 Å². The van der Waals surface area contributed by atoms with Gasteiger partial charge in [-0.25, -0.2) is 0 Å². The molecule has 0 spiro atoms. The third-order valence-corrected chi connectivity index (χ3v) is 11.0. The molecule has 6 bridgehead atoms. The minimum atomic E-state index is 0.697. The van der Waals surface area contributed by atoms with Crippen molar-refractivity contribution in [3.8, 4) is 0 Å². The van der Waals surface area contributed by atoms with Crippen LogP contribution in [-0.2, 0) is 0 Å². The van der Waals surface area contributed by atoms with E-state index < -0.39 is 0 Å². The van der Waals surface area contributed by atoms with E-state index in [0.29, 0.717) is 5.41 Å². The van der Waals surface area contributed by atoms with Crippen molar-refractivity contribution < 1.29 is 0 Å². The summed E-state index contributed by atoms with van der Waals surface area (Å²) < 4.78 is 0. The monoisotopic (exact) mass is 326 g/mol. The summed E-state index contributed by atoms with van der Waals surface area (Å²) in [4.78, 5) is 0.